The van der Waals surface area contributed by atoms with Gasteiger partial charge in [0, 0.05) is 48.1 Å². The van der Waals surface area contributed by atoms with E-state index in [1.165, 1.54) is 11.3 Å². The van der Waals surface area contributed by atoms with Crippen molar-refractivity contribution in [1.29, 1.82) is 0 Å². The van der Waals surface area contributed by atoms with Crippen molar-refractivity contribution >= 4 is 56.0 Å². The summed E-state index contributed by atoms with van der Waals surface area (Å²) >= 11 is 1.49. The predicted octanol–water partition coefficient (Wildman–Crippen LogP) is 5.22. The lowest BCUT2D eigenvalue weighted by Crippen LogP contribution is -2.29. The maximum absolute atomic E-state index is 13.3. The highest BCUT2D eigenvalue weighted by Crippen LogP contribution is 2.30. The fourth-order valence-electron chi connectivity index (χ4n) is 4.90. The van der Waals surface area contributed by atoms with Crippen LogP contribution in [0.15, 0.2) is 77.7 Å². The third-order valence-corrected chi connectivity index (χ3v) is 7.87. The van der Waals surface area contributed by atoms with E-state index in [0.717, 1.165) is 53.0 Å². The third kappa shape index (κ3) is 4.72. The van der Waals surface area contributed by atoms with Crippen molar-refractivity contribution in [2.45, 2.75) is 19.5 Å². The van der Waals surface area contributed by atoms with Gasteiger partial charge in [-0.15, -0.1) is 11.3 Å². The summed E-state index contributed by atoms with van der Waals surface area (Å²) in [5.74, 6) is -0.476. The number of carbonyl (C=O) groups is 2. The first kappa shape index (κ1) is 24.2. The lowest BCUT2D eigenvalue weighted by molar-refractivity contribution is 0.101. The predicted molar refractivity (Wildman–Crippen MR) is 152 cm³/mol. The molecule has 1 aliphatic rings. The summed E-state index contributed by atoms with van der Waals surface area (Å²) in [5.41, 5.74) is 3.89. The number of carbonyl (C=O) groups excluding carboxylic acids is 2. The number of rotatable bonds is 6. The number of benzene rings is 2. The summed E-state index contributed by atoms with van der Waals surface area (Å²) in [6, 6.07) is 16.7. The minimum absolute atomic E-state index is 0.234. The van der Waals surface area contributed by atoms with Gasteiger partial charge in [-0.05, 0) is 29.7 Å². The number of anilines is 2. The summed E-state index contributed by atoms with van der Waals surface area (Å²) < 4.78 is 5.19. The fourth-order valence-corrected chi connectivity index (χ4v) is 5.94. The smallest absolute Gasteiger partial charge is 0.276 e. The van der Waals surface area contributed by atoms with Crippen LogP contribution in [0.4, 0.5) is 11.1 Å². The Morgan fingerprint density at radius 1 is 1.02 bits per heavy atom. The maximum Gasteiger partial charge on any atom is 0.276 e. The van der Waals surface area contributed by atoms with Gasteiger partial charge in [0.15, 0.2) is 5.13 Å². The monoisotopic (exact) mass is 549 g/mol. The SMILES string of the molecule is O=C(Nc1nc2c(C(=O)Nc3nc4c(s3)CN(Cc3ccoc3)CC4)cccc2[nH]1)c1cc2ccccc2cn1. The number of amides is 2. The van der Waals surface area contributed by atoms with E-state index in [0.29, 0.717) is 21.7 Å². The van der Waals surface area contributed by atoms with Crippen LogP contribution in [0.25, 0.3) is 21.8 Å². The van der Waals surface area contributed by atoms with Gasteiger partial charge in [-0.1, -0.05) is 30.3 Å². The van der Waals surface area contributed by atoms with Crippen LogP contribution in [0.3, 0.4) is 0 Å². The molecule has 0 aliphatic carbocycles. The van der Waals surface area contributed by atoms with E-state index in [1.807, 2.05) is 30.3 Å². The maximum atomic E-state index is 13.3. The van der Waals surface area contributed by atoms with Gasteiger partial charge in [0.1, 0.15) is 11.2 Å². The van der Waals surface area contributed by atoms with E-state index < -0.39 is 5.91 Å². The molecule has 2 amide bonds. The van der Waals surface area contributed by atoms with E-state index in [9.17, 15) is 9.59 Å². The molecule has 0 radical (unpaired) electrons. The Morgan fingerprint density at radius 3 is 2.80 bits per heavy atom. The standard InChI is InChI=1S/C29H23N7O3S/c37-26(35-29-32-21-8-10-36(15-24(21)40-29)14-17-9-11-39-16-17)20-6-3-7-22-25(20)33-28(31-22)34-27(38)23-12-18-4-1-2-5-19(18)13-30-23/h1-7,9,11-13,16H,8,10,14-15H2,(H,32,35,37)(H2,31,33,34,38). The Kier molecular flexibility index (Phi) is 6.06. The van der Waals surface area contributed by atoms with Crippen LogP contribution >= 0.6 is 11.3 Å². The molecule has 4 aromatic heterocycles. The molecule has 0 atom stereocenters. The highest BCUT2D eigenvalue weighted by atomic mass is 32.1. The molecule has 0 fully saturated rings. The number of thiazole rings is 1. The quantitative estimate of drug-likeness (QED) is 0.260. The molecule has 0 saturated heterocycles. The first-order valence-electron chi connectivity index (χ1n) is 12.8. The number of pyridine rings is 1. The zero-order valence-electron chi connectivity index (χ0n) is 21.2. The molecule has 10 nitrogen and oxygen atoms in total. The van der Waals surface area contributed by atoms with Crippen LogP contribution in [0.2, 0.25) is 0 Å². The van der Waals surface area contributed by atoms with E-state index in [2.05, 4.69) is 35.5 Å². The van der Waals surface area contributed by atoms with Gasteiger partial charge < -0.3 is 9.40 Å². The highest BCUT2D eigenvalue weighted by molar-refractivity contribution is 7.15. The molecule has 0 spiro atoms. The number of H-pyrrole nitrogens is 1. The number of para-hydroxylation sites is 1. The lowest BCUT2D eigenvalue weighted by atomic mass is 10.1. The van der Waals surface area contributed by atoms with E-state index in [1.54, 1.807) is 43.0 Å². The largest absolute Gasteiger partial charge is 0.472 e. The molecule has 5 heterocycles. The van der Waals surface area contributed by atoms with Crippen molar-refractivity contribution in [3.8, 4) is 0 Å². The van der Waals surface area contributed by atoms with Crippen molar-refractivity contribution in [3.05, 3.63) is 101 Å². The number of furan rings is 1. The number of aromatic nitrogens is 4. The molecular formula is C29H23N7O3S. The Bertz CT molecular complexity index is 1880. The van der Waals surface area contributed by atoms with Crippen molar-refractivity contribution < 1.29 is 14.0 Å². The lowest BCUT2D eigenvalue weighted by Gasteiger charge is -2.25. The average Bonchev–Trinajstić information content (AvgIpc) is 3.72. The number of aromatic amines is 1. The molecule has 0 unspecified atom stereocenters. The van der Waals surface area contributed by atoms with Crippen LogP contribution in [0, 0.1) is 0 Å². The second kappa shape index (κ2) is 10.0. The minimum Gasteiger partial charge on any atom is -0.472 e. The van der Waals surface area contributed by atoms with Crippen LogP contribution in [0.1, 0.15) is 37.0 Å². The van der Waals surface area contributed by atoms with Crippen LogP contribution in [0.5, 0.6) is 0 Å². The van der Waals surface area contributed by atoms with Gasteiger partial charge in [0.05, 0.1) is 29.3 Å². The normalized spacial score (nSPS) is 13.4. The topological polar surface area (TPSA) is 129 Å². The zero-order chi connectivity index (χ0) is 27.1. The molecule has 11 heteroatoms. The van der Waals surface area contributed by atoms with Crippen LogP contribution < -0.4 is 10.6 Å². The number of hydrogen-bond donors (Lipinski definition) is 3. The van der Waals surface area contributed by atoms with E-state index in [-0.39, 0.29) is 17.5 Å². The summed E-state index contributed by atoms with van der Waals surface area (Å²) in [6.07, 6.45) is 5.94. The van der Waals surface area contributed by atoms with Gasteiger partial charge in [-0.3, -0.25) is 30.1 Å². The summed E-state index contributed by atoms with van der Waals surface area (Å²) in [4.78, 5) is 46.2. The fraction of sp³-hybridized carbons (Fsp3) is 0.138. The summed E-state index contributed by atoms with van der Waals surface area (Å²) in [7, 11) is 0. The second-order valence-corrected chi connectivity index (χ2v) is 10.7. The van der Waals surface area contributed by atoms with Gasteiger partial charge in [-0.2, -0.15) is 0 Å². The molecule has 1 aliphatic heterocycles. The van der Waals surface area contributed by atoms with Gasteiger partial charge >= 0.3 is 0 Å². The Labute approximate surface area is 232 Å². The average molecular weight is 550 g/mol. The van der Waals surface area contributed by atoms with Crippen molar-refractivity contribution in [3.63, 3.8) is 0 Å². The molecule has 3 N–H and O–H groups in total. The highest BCUT2D eigenvalue weighted by Gasteiger charge is 2.23. The molecule has 40 heavy (non-hydrogen) atoms. The molecule has 0 bridgehead atoms. The van der Waals surface area contributed by atoms with Crippen molar-refractivity contribution in [2.75, 3.05) is 17.2 Å². The molecule has 7 rings (SSSR count). The first-order valence-corrected chi connectivity index (χ1v) is 13.6. The number of imidazole rings is 1. The van der Waals surface area contributed by atoms with Crippen LogP contribution in [-0.2, 0) is 19.5 Å². The van der Waals surface area contributed by atoms with Crippen molar-refractivity contribution in [1.82, 2.24) is 24.8 Å². The van der Waals surface area contributed by atoms with E-state index >= 15 is 0 Å². The van der Waals surface area contributed by atoms with Crippen molar-refractivity contribution in [2.24, 2.45) is 0 Å². The first-order chi connectivity index (χ1) is 19.6. The number of nitrogens with one attached hydrogen (secondary N) is 3. The minimum atomic E-state index is -0.397. The Hall–Kier alpha value is -4.87. The second-order valence-electron chi connectivity index (χ2n) is 9.59. The van der Waals surface area contributed by atoms with Gasteiger partial charge in [0.2, 0.25) is 5.95 Å². The molecule has 6 aromatic rings. The Morgan fingerprint density at radius 2 is 1.93 bits per heavy atom. The molecular weight excluding hydrogens is 526 g/mol. The van der Waals surface area contributed by atoms with Gasteiger partial charge in [-0.25, -0.2) is 9.97 Å². The molecule has 2 aromatic carbocycles. The summed E-state index contributed by atoms with van der Waals surface area (Å²) in [5, 5.41) is 8.13. The number of hydrogen-bond acceptors (Lipinski definition) is 8. The van der Waals surface area contributed by atoms with E-state index in [4.69, 9.17) is 4.42 Å². The number of nitrogens with zero attached hydrogens (tertiary/aromatic N) is 4. The van der Waals surface area contributed by atoms with Crippen LogP contribution in [-0.4, -0.2) is 43.2 Å². The molecule has 198 valence electrons. The Balaban J connectivity index is 1.07. The number of fused-ring (bicyclic) bond motifs is 3. The third-order valence-electron chi connectivity index (χ3n) is 6.87. The molecule has 0 saturated carbocycles. The zero-order valence-corrected chi connectivity index (χ0v) is 22.0. The summed E-state index contributed by atoms with van der Waals surface area (Å²) in [6.45, 7) is 2.48. The van der Waals surface area contributed by atoms with Gasteiger partial charge in [0.25, 0.3) is 11.8 Å².